The molecule has 6 heteroatoms. The van der Waals surface area contributed by atoms with Crippen molar-refractivity contribution in [2.45, 2.75) is 39.2 Å². The van der Waals surface area contributed by atoms with Gasteiger partial charge in [0.25, 0.3) is 0 Å². The van der Waals surface area contributed by atoms with E-state index in [0.29, 0.717) is 5.75 Å². The van der Waals surface area contributed by atoms with Gasteiger partial charge in [0, 0.05) is 24.5 Å². The van der Waals surface area contributed by atoms with E-state index in [1.807, 2.05) is 45.0 Å². The first-order valence-electron chi connectivity index (χ1n) is 8.29. The SMILES string of the molecule is COc1ccc2c(c1)N(C(=O)CN1C(=O)CCC1=O)C(C)(C)C=C2C. The number of anilines is 1. The minimum absolute atomic E-state index is 0.179. The van der Waals surface area contributed by atoms with Gasteiger partial charge in [-0.25, -0.2) is 0 Å². The number of carbonyl (C=O) groups excluding carboxylic acids is 3. The highest BCUT2D eigenvalue weighted by atomic mass is 16.5. The van der Waals surface area contributed by atoms with E-state index in [0.717, 1.165) is 21.7 Å². The second kappa shape index (κ2) is 6.02. The van der Waals surface area contributed by atoms with Crippen molar-refractivity contribution in [3.05, 3.63) is 29.8 Å². The summed E-state index contributed by atoms with van der Waals surface area (Å²) in [4.78, 5) is 39.5. The topological polar surface area (TPSA) is 66.9 Å². The average Bonchev–Trinajstić information content (AvgIpc) is 2.85. The number of allylic oxidation sites excluding steroid dienone is 1. The Bertz CT molecular complexity index is 779. The van der Waals surface area contributed by atoms with Gasteiger partial charge in [-0.3, -0.25) is 19.3 Å². The maximum Gasteiger partial charge on any atom is 0.247 e. The Morgan fingerprint density at radius 1 is 1.20 bits per heavy atom. The monoisotopic (exact) mass is 342 g/mol. The molecule has 0 N–H and O–H groups in total. The molecule has 2 aliphatic heterocycles. The Morgan fingerprint density at radius 2 is 1.84 bits per heavy atom. The van der Waals surface area contributed by atoms with Gasteiger partial charge in [-0.1, -0.05) is 6.08 Å². The summed E-state index contributed by atoms with van der Waals surface area (Å²) in [5.74, 6) is -0.210. The van der Waals surface area contributed by atoms with Crippen LogP contribution >= 0.6 is 0 Å². The van der Waals surface area contributed by atoms with Gasteiger partial charge in [0.15, 0.2) is 0 Å². The van der Waals surface area contributed by atoms with Crippen LogP contribution in [0.1, 0.15) is 39.2 Å². The van der Waals surface area contributed by atoms with E-state index in [1.54, 1.807) is 12.0 Å². The summed E-state index contributed by atoms with van der Waals surface area (Å²) in [6.45, 7) is 5.64. The number of benzene rings is 1. The number of amides is 3. The van der Waals surface area contributed by atoms with E-state index in [2.05, 4.69) is 0 Å². The smallest absolute Gasteiger partial charge is 0.247 e. The molecule has 0 spiro atoms. The van der Waals surface area contributed by atoms with E-state index < -0.39 is 5.54 Å². The Hall–Kier alpha value is -2.63. The summed E-state index contributed by atoms with van der Waals surface area (Å²) in [7, 11) is 1.58. The average molecular weight is 342 g/mol. The minimum Gasteiger partial charge on any atom is -0.497 e. The van der Waals surface area contributed by atoms with Crippen molar-refractivity contribution in [3.8, 4) is 5.75 Å². The number of imide groups is 1. The maximum absolute atomic E-state index is 13.0. The van der Waals surface area contributed by atoms with Gasteiger partial charge in [0.2, 0.25) is 17.7 Å². The second-order valence-electron chi connectivity index (χ2n) is 6.97. The Morgan fingerprint density at radius 3 is 2.44 bits per heavy atom. The van der Waals surface area contributed by atoms with E-state index in [1.165, 1.54) is 0 Å². The van der Waals surface area contributed by atoms with Crippen molar-refractivity contribution in [1.82, 2.24) is 4.90 Å². The standard InChI is InChI=1S/C19H22N2O4/c1-12-10-19(2,3)21(15-9-13(25-4)5-6-14(12)15)18(24)11-20-16(22)7-8-17(20)23/h5-6,9-10H,7-8,11H2,1-4H3. The summed E-state index contributed by atoms with van der Waals surface area (Å²) < 4.78 is 5.30. The van der Waals surface area contributed by atoms with Crippen LogP contribution in [0.15, 0.2) is 24.3 Å². The van der Waals surface area contributed by atoms with Crippen molar-refractivity contribution >= 4 is 29.0 Å². The number of rotatable bonds is 3. The van der Waals surface area contributed by atoms with Crippen molar-refractivity contribution in [1.29, 1.82) is 0 Å². The van der Waals surface area contributed by atoms with Crippen LogP contribution in [-0.2, 0) is 14.4 Å². The molecule has 0 atom stereocenters. The number of nitrogens with zero attached hydrogens (tertiary/aromatic N) is 2. The number of methoxy groups -OCH3 is 1. The van der Waals surface area contributed by atoms with Crippen molar-refractivity contribution in [3.63, 3.8) is 0 Å². The van der Waals surface area contributed by atoms with E-state index in [9.17, 15) is 14.4 Å². The molecule has 0 saturated carbocycles. The maximum atomic E-state index is 13.0. The lowest BCUT2D eigenvalue weighted by Crippen LogP contribution is -2.53. The quantitative estimate of drug-likeness (QED) is 0.791. The van der Waals surface area contributed by atoms with Crippen molar-refractivity contribution in [2.24, 2.45) is 0 Å². The second-order valence-corrected chi connectivity index (χ2v) is 6.97. The summed E-state index contributed by atoms with van der Waals surface area (Å²) in [6.07, 6.45) is 2.38. The molecule has 25 heavy (non-hydrogen) atoms. The minimum atomic E-state index is -0.577. The largest absolute Gasteiger partial charge is 0.497 e. The van der Waals surface area contributed by atoms with E-state index in [4.69, 9.17) is 4.74 Å². The molecule has 2 heterocycles. The van der Waals surface area contributed by atoms with Crippen LogP contribution in [0.4, 0.5) is 5.69 Å². The van der Waals surface area contributed by atoms with Crippen LogP contribution in [0.2, 0.25) is 0 Å². The molecular formula is C19H22N2O4. The molecule has 2 aliphatic rings. The highest BCUT2D eigenvalue weighted by Crippen LogP contribution is 2.40. The zero-order valence-corrected chi connectivity index (χ0v) is 15.0. The first kappa shape index (κ1) is 17.2. The fraction of sp³-hybridized carbons (Fsp3) is 0.421. The van der Waals surface area contributed by atoms with Crippen molar-refractivity contribution in [2.75, 3.05) is 18.6 Å². The predicted molar refractivity (Wildman–Crippen MR) is 94.2 cm³/mol. The third-order valence-electron chi connectivity index (χ3n) is 4.71. The lowest BCUT2D eigenvalue weighted by Gasteiger charge is -2.42. The molecule has 1 aromatic rings. The van der Waals surface area contributed by atoms with Crippen molar-refractivity contribution < 1.29 is 19.1 Å². The molecule has 1 fully saturated rings. The molecule has 6 nitrogen and oxygen atoms in total. The lowest BCUT2D eigenvalue weighted by atomic mass is 9.88. The molecule has 0 aliphatic carbocycles. The third-order valence-corrected chi connectivity index (χ3v) is 4.71. The molecule has 0 aromatic heterocycles. The molecule has 0 bridgehead atoms. The van der Waals surface area contributed by atoms with Gasteiger partial charge in [0.05, 0.1) is 18.3 Å². The molecule has 3 amide bonds. The van der Waals surface area contributed by atoms with Gasteiger partial charge < -0.3 is 9.64 Å². The predicted octanol–water partition coefficient (Wildman–Crippen LogP) is 2.37. The highest BCUT2D eigenvalue weighted by molar-refractivity contribution is 6.08. The van der Waals surface area contributed by atoms with Crippen LogP contribution in [0.3, 0.4) is 0 Å². The molecule has 132 valence electrons. The number of ether oxygens (including phenoxy) is 1. The van der Waals surface area contributed by atoms with Gasteiger partial charge in [-0.05, 0) is 38.5 Å². The lowest BCUT2D eigenvalue weighted by molar-refractivity contribution is -0.141. The third kappa shape index (κ3) is 2.92. The first-order chi connectivity index (χ1) is 11.7. The summed E-state index contributed by atoms with van der Waals surface area (Å²) in [5, 5.41) is 0. The number of hydrogen-bond donors (Lipinski definition) is 0. The fourth-order valence-electron chi connectivity index (χ4n) is 3.60. The molecular weight excluding hydrogens is 320 g/mol. The van der Waals surface area contributed by atoms with Crippen LogP contribution in [0.25, 0.3) is 5.57 Å². The van der Waals surface area contributed by atoms with Crippen LogP contribution < -0.4 is 9.64 Å². The highest BCUT2D eigenvalue weighted by Gasteiger charge is 2.39. The number of carbonyl (C=O) groups is 3. The first-order valence-corrected chi connectivity index (χ1v) is 8.29. The summed E-state index contributed by atoms with van der Waals surface area (Å²) >= 11 is 0. The zero-order valence-electron chi connectivity index (χ0n) is 15.0. The van der Waals surface area contributed by atoms with Crippen LogP contribution in [-0.4, -0.2) is 41.8 Å². The van der Waals surface area contributed by atoms with Gasteiger partial charge in [-0.15, -0.1) is 0 Å². The summed E-state index contributed by atoms with van der Waals surface area (Å²) in [5.41, 5.74) is 2.16. The zero-order chi connectivity index (χ0) is 18.4. The molecule has 0 unspecified atom stereocenters. The normalized spacial score (nSPS) is 19.0. The molecule has 1 aromatic carbocycles. The van der Waals surface area contributed by atoms with E-state index >= 15 is 0 Å². The van der Waals surface area contributed by atoms with Gasteiger partial charge in [-0.2, -0.15) is 0 Å². The van der Waals surface area contributed by atoms with Crippen LogP contribution in [0.5, 0.6) is 5.75 Å². The summed E-state index contributed by atoms with van der Waals surface area (Å²) in [6, 6.07) is 5.59. The van der Waals surface area contributed by atoms with E-state index in [-0.39, 0.29) is 37.1 Å². The Kier molecular flexibility index (Phi) is 4.14. The number of fused-ring (bicyclic) bond motifs is 1. The Balaban J connectivity index is 2.00. The fourth-order valence-corrected chi connectivity index (χ4v) is 3.60. The molecule has 0 radical (unpaired) electrons. The van der Waals surface area contributed by atoms with Gasteiger partial charge in [0.1, 0.15) is 12.3 Å². The number of hydrogen-bond acceptors (Lipinski definition) is 4. The van der Waals surface area contributed by atoms with Gasteiger partial charge >= 0.3 is 0 Å². The molecule has 1 saturated heterocycles. The molecule has 3 rings (SSSR count). The Labute approximate surface area is 147 Å². The van der Waals surface area contributed by atoms with Crippen LogP contribution in [0, 0.1) is 0 Å². The number of likely N-dealkylation sites (tertiary alicyclic amines) is 1.